The van der Waals surface area contributed by atoms with E-state index in [0.717, 1.165) is 37.2 Å². The number of nitrogens with zero attached hydrogens (tertiary/aromatic N) is 3. The minimum Gasteiger partial charge on any atom is -0.491 e. The van der Waals surface area contributed by atoms with E-state index in [1.165, 1.54) is 0 Å². The van der Waals surface area contributed by atoms with Gasteiger partial charge in [-0.05, 0) is 43.0 Å². The molecule has 1 aliphatic heterocycles. The van der Waals surface area contributed by atoms with E-state index in [2.05, 4.69) is 47.8 Å². The Labute approximate surface area is 160 Å². The van der Waals surface area contributed by atoms with E-state index in [1.54, 1.807) is 6.20 Å². The average molecular weight is 371 g/mol. The Balaban J connectivity index is 1.49. The number of carbonyl (C=O) groups excluding carboxylic acids is 1. The summed E-state index contributed by atoms with van der Waals surface area (Å²) in [7, 11) is 0. The third-order valence-electron chi connectivity index (χ3n) is 4.77. The van der Waals surface area contributed by atoms with Crippen LogP contribution in [0.3, 0.4) is 0 Å². The molecule has 0 spiro atoms. The second-order valence-corrected chi connectivity index (χ2v) is 7.92. The molecule has 1 aromatic carbocycles. The molecule has 0 radical (unpaired) electrons. The van der Waals surface area contributed by atoms with E-state index in [4.69, 9.17) is 4.74 Å². The lowest BCUT2D eigenvalue weighted by Crippen LogP contribution is -2.30. The molecule has 0 atom stereocenters. The molecule has 1 fully saturated rings. The quantitative estimate of drug-likeness (QED) is 0.762. The lowest BCUT2D eigenvalue weighted by molar-refractivity contribution is 0.0941. The van der Waals surface area contributed by atoms with Gasteiger partial charge in [-0.1, -0.05) is 44.2 Å². The molecule has 0 unspecified atom stereocenters. The number of rotatable bonds is 6. The monoisotopic (exact) mass is 371 g/mol. The molecule has 7 heteroatoms. The summed E-state index contributed by atoms with van der Waals surface area (Å²) in [6, 6.07) is 8.33. The molecule has 0 bridgehead atoms. The first kappa shape index (κ1) is 19.4. The van der Waals surface area contributed by atoms with E-state index in [-0.39, 0.29) is 11.3 Å². The van der Waals surface area contributed by atoms with E-state index < -0.39 is 0 Å². The van der Waals surface area contributed by atoms with Crippen molar-refractivity contribution in [3.63, 3.8) is 0 Å². The maximum atomic E-state index is 12.3. The van der Waals surface area contributed by atoms with E-state index >= 15 is 0 Å². The van der Waals surface area contributed by atoms with Crippen LogP contribution in [0, 0.1) is 0 Å². The fraction of sp³-hybridized carbons (Fsp3) is 0.550. The largest absolute Gasteiger partial charge is 0.491 e. The van der Waals surface area contributed by atoms with Gasteiger partial charge in [-0.15, -0.1) is 5.10 Å². The Kier molecular flexibility index (Phi) is 6.11. The molecule has 27 heavy (non-hydrogen) atoms. The van der Waals surface area contributed by atoms with Gasteiger partial charge in [-0.3, -0.25) is 4.79 Å². The normalized spacial score (nSPS) is 15.5. The number of benzene rings is 1. The highest BCUT2D eigenvalue weighted by Crippen LogP contribution is 2.30. The highest BCUT2D eigenvalue weighted by atomic mass is 16.5. The van der Waals surface area contributed by atoms with Crippen molar-refractivity contribution in [2.75, 3.05) is 26.2 Å². The van der Waals surface area contributed by atoms with Gasteiger partial charge in [-0.2, -0.15) is 0 Å². The second kappa shape index (κ2) is 8.52. The molecule has 2 heterocycles. The van der Waals surface area contributed by atoms with Crippen LogP contribution in [0.2, 0.25) is 0 Å². The molecule has 1 aromatic heterocycles. The predicted octanol–water partition coefficient (Wildman–Crippen LogP) is 2.31. The third-order valence-corrected chi connectivity index (χ3v) is 4.77. The lowest BCUT2D eigenvalue weighted by atomic mass is 9.86. The summed E-state index contributed by atoms with van der Waals surface area (Å²) in [5.74, 6) is 0.638. The summed E-state index contributed by atoms with van der Waals surface area (Å²) in [6.45, 7) is 9.23. The van der Waals surface area contributed by atoms with Crippen molar-refractivity contribution in [2.24, 2.45) is 0 Å². The molecule has 2 N–H and O–H groups in total. The van der Waals surface area contributed by atoms with Crippen LogP contribution in [0.5, 0.6) is 5.75 Å². The van der Waals surface area contributed by atoms with Gasteiger partial charge < -0.3 is 15.4 Å². The summed E-state index contributed by atoms with van der Waals surface area (Å²) >= 11 is 0. The average Bonchev–Trinajstić information content (AvgIpc) is 3.16. The van der Waals surface area contributed by atoms with Crippen molar-refractivity contribution >= 4 is 5.91 Å². The number of amides is 1. The maximum absolute atomic E-state index is 12.3. The predicted molar refractivity (Wildman–Crippen MR) is 104 cm³/mol. The smallest absolute Gasteiger partial charge is 0.273 e. The van der Waals surface area contributed by atoms with Gasteiger partial charge in [-0.25, -0.2) is 4.68 Å². The Morgan fingerprint density at radius 2 is 2.04 bits per heavy atom. The first-order valence-electron chi connectivity index (χ1n) is 9.58. The molecule has 3 rings (SSSR count). The lowest BCUT2D eigenvalue weighted by Gasteiger charge is -2.22. The number of ether oxygens (including phenoxy) is 1. The molecule has 1 saturated heterocycles. The van der Waals surface area contributed by atoms with Gasteiger partial charge in [0.1, 0.15) is 12.4 Å². The van der Waals surface area contributed by atoms with Crippen LogP contribution in [-0.4, -0.2) is 47.1 Å². The molecule has 1 aliphatic rings. The van der Waals surface area contributed by atoms with Gasteiger partial charge in [0, 0.05) is 0 Å². The fourth-order valence-electron chi connectivity index (χ4n) is 3.26. The van der Waals surface area contributed by atoms with Crippen molar-refractivity contribution in [1.29, 1.82) is 0 Å². The van der Waals surface area contributed by atoms with Crippen LogP contribution >= 0.6 is 0 Å². The fourth-order valence-corrected chi connectivity index (χ4v) is 3.26. The van der Waals surface area contributed by atoms with Crippen LogP contribution in [0.1, 0.15) is 55.7 Å². The molecule has 2 aromatic rings. The number of hydrogen-bond acceptors (Lipinski definition) is 5. The number of hydrogen-bond donors (Lipinski definition) is 2. The number of aromatic nitrogens is 3. The highest BCUT2D eigenvalue weighted by molar-refractivity contribution is 5.91. The van der Waals surface area contributed by atoms with Gasteiger partial charge in [0.15, 0.2) is 5.69 Å². The molecule has 0 saturated carbocycles. The van der Waals surface area contributed by atoms with Gasteiger partial charge >= 0.3 is 0 Å². The number of piperidine rings is 1. The van der Waals surface area contributed by atoms with Gasteiger partial charge in [0.05, 0.1) is 18.8 Å². The summed E-state index contributed by atoms with van der Waals surface area (Å²) < 4.78 is 7.70. The zero-order valence-electron chi connectivity index (χ0n) is 16.4. The standard InChI is InChI=1S/C20H29N5O2/c1-20(2,3)16-6-4-5-7-18(16)27-13-12-22-19(26)17-14-25(24-23-17)15-8-10-21-11-9-15/h4-7,14-15,21H,8-13H2,1-3H3,(H,22,26). The molecule has 1 amide bonds. The Hall–Kier alpha value is -2.41. The molecular formula is C20H29N5O2. The van der Waals surface area contributed by atoms with Crippen LogP contribution in [0.4, 0.5) is 0 Å². The van der Waals surface area contributed by atoms with Crippen molar-refractivity contribution in [2.45, 2.75) is 45.1 Å². The minimum atomic E-state index is -0.220. The van der Waals surface area contributed by atoms with Crippen molar-refractivity contribution < 1.29 is 9.53 Å². The van der Waals surface area contributed by atoms with Crippen LogP contribution in [0.25, 0.3) is 0 Å². The molecule has 146 valence electrons. The van der Waals surface area contributed by atoms with E-state index in [9.17, 15) is 4.79 Å². The zero-order chi connectivity index (χ0) is 19.3. The number of para-hydroxylation sites is 1. The van der Waals surface area contributed by atoms with Crippen LogP contribution in [-0.2, 0) is 5.41 Å². The Morgan fingerprint density at radius 1 is 1.30 bits per heavy atom. The first-order chi connectivity index (χ1) is 12.9. The van der Waals surface area contributed by atoms with Crippen molar-refractivity contribution in [3.05, 3.63) is 41.7 Å². The highest BCUT2D eigenvalue weighted by Gasteiger charge is 2.20. The van der Waals surface area contributed by atoms with Crippen molar-refractivity contribution in [1.82, 2.24) is 25.6 Å². The first-order valence-corrected chi connectivity index (χ1v) is 9.58. The van der Waals surface area contributed by atoms with Crippen LogP contribution in [0.15, 0.2) is 30.5 Å². The number of carbonyl (C=O) groups is 1. The SMILES string of the molecule is CC(C)(C)c1ccccc1OCCNC(=O)c1cn(C2CCNCC2)nn1. The summed E-state index contributed by atoms with van der Waals surface area (Å²) in [5.41, 5.74) is 1.51. The van der Waals surface area contributed by atoms with Crippen molar-refractivity contribution in [3.8, 4) is 5.75 Å². The summed E-state index contributed by atoms with van der Waals surface area (Å²) in [5, 5.41) is 14.3. The zero-order valence-corrected chi connectivity index (χ0v) is 16.4. The molecule has 7 nitrogen and oxygen atoms in total. The van der Waals surface area contributed by atoms with Gasteiger partial charge in [0.2, 0.25) is 0 Å². The minimum absolute atomic E-state index is 0.00693. The van der Waals surface area contributed by atoms with Crippen LogP contribution < -0.4 is 15.4 Å². The summed E-state index contributed by atoms with van der Waals surface area (Å²) in [4.78, 5) is 12.3. The Bertz CT molecular complexity index is 760. The van der Waals surface area contributed by atoms with E-state index in [1.807, 2.05) is 22.9 Å². The molecule has 0 aliphatic carbocycles. The van der Waals surface area contributed by atoms with Gasteiger partial charge in [0.25, 0.3) is 5.91 Å². The Morgan fingerprint density at radius 3 is 2.78 bits per heavy atom. The third kappa shape index (κ3) is 5.07. The summed E-state index contributed by atoms with van der Waals surface area (Å²) in [6.07, 6.45) is 3.75. The van der Waals surface area contributed by atoms with E-state index in [0.29, 0.717) is 24.9 Å². The second-order valence-electron chi connectivity index (χ2n) is 7.92. The topological polar surface area (TPSA) is 81.1 Å². The maximum Gasteiger partial charge on any atom is 0.273 e. The molecular weight excluding hydrogens is 342 g/mol. The number of nitrogens with one attached hydrogen (secondary N) is 2.